The van der Waals surface area contributed by atoms with Gasteiger partial charge in [0.25, 0.3) is 0 Å². The van der Waals surface area contributed by atoms with Crippen molar-refractivity contribution >= 4 is 25.2 Å². The molecule has 0 aromatic heterocycles. The minimum Gasteiger partial charge on any atom is -0.448 e. The summed E-state index contributed by atoms with van der Waals surface area (Å²) >= 11 is 5.45. The monoisotopic (exact) mass is 328 g/mol. The van der Waals surface area contributed by atoms with E-state index in [1.807, 2.05) is 13.8 Å². The maximum atomic E-state index is 13.0. The molecule has 0 radical (unpaired) electrons. The van der Waals surface area contributed by atoms with Gasteiger partial charge >= 0.3 is 13.6 Å². The van der Waals surface area contributed by atoms with Crippen LogP contribution in [0.15, 0.2) is 0 Å². The largest absolute Gasteiger partial charge is 0.448 e. The zero-order valence-electron chi connectivity index (χ0n) is 13.1. The van der Waals surface area contributed by atoms with Crippen LogP contribution in [0.1, 0.15) is 48.0 Å². The van der Waals surface area contributed by atoms with Crippen LogP contribution >= 0.6 is 19.2 Å². The number of alkyl halides is 1. The molecule has 0 saturated heterocycles. The molecule has 0 rings (SSSR count). The zero-order valence-corrected chi connectivity index (χ0v) is 14.7. The van der Waals surface area contributed by atoms with Crippen molar-refractivity contribution < 1.29 is 23.1 Å². The number of carbonyl (C=O) groups is 1. The molecule has 0 aliphatic carbocycles. The van der Waals surface area contributed by atoms with Gasteiger partial charge in [-0.3, -0.25) is 9.36 Å². The molecule has 0 bridgehead atoms. The Morgan fingerprint density at radius 2 is 1.50 bits per heavy atom. The number of hydrogen-bond acceptors (Lipinski definition) is 5. The van der Waals surface area contributed by atoms with Gasteiger partial charge in [0, 0.05) is 0 Å². The number of carbonyl (C=O) groups excluding carboxylic acids is 1. The Bertz CT molecular complexity index is 330. The van der Waals surface area contributed by atoms with Crippen LogP contribution < -0.4 is 0 Å². The molecule has 0 saturated carbocycles. The second-order valence-electron chi connectivity index (χ2n) is 5.56. The summed E-state index contributed by atoms with van der Waals surface area (Å²) in [7, 11) is -3.56. The molecule has 0 aliphatic heterocycles. The Labute approximate surface area is 126 Å². The summed E-state index contributed by atoms with van der Waals surface area (Å²) in [6.45, 7) is 10.9. The van der Waals surface area contributed by atoms with Crippen molar-refractivity contribution in [2.24, 2.45) is 5.92 Å². The van der Waals surface area contributed by atoms with E-state index in [1.54, 1.807) is 27.7 Å². The Hall–Kier alpha value is -0.0900. The molecular weight excluding hydrogens is 303 g/mol. The molecule has 0 aliphatic rings. The summed E-state index contributed by atoms with van der Waals surface area (Å²) in [5, 5.41) is 0. The van der Waals surface area contributed by atoms with Gasteiger partial charge in [0.05, 0.1) is 12.2 Å². The average molecular weight is 329 g/mol. The SMILES string of the molecule is CC(C)C[C@H](OC(=O)CCl)P(=O)(OC(C)C)OC(C)C. The fourth-order valence-corrected chi connectivity index (χ4v) is 4.06. The van der Waals surface area contributed by atoms with E-state index in [1.165, 1.54) is 0 Å². The second kappa shape index (κ2) is 9.04. The van der Waals surface area contributed by atoms with Gasteiger partial charge < -0.3 is 13.8 Å². The molecule has 0 N–H and O–H groups in total. The van der Waals surface area contributed by atoms with Crippen molar-refractivity contribution in [2.75, 3.05) is 5.88 Å². The third-order valence-electron chi connectivity index (χ3n) is 2.12. The average Bonchev–Trinajstić information content (AvgIpc) is 2.24. The summed E-state index contributed by atoms with van der Waals surface area (Å²) < 4.78 is 29.1. The van der Waals surface area contributed by atoms with Crippen LogP contribution in [0.3, 0.4) is 0 Å². The number of hydrogen-bond donors (Lipinski definition) is 0. The zero-order chi connectivity index (χ0) is 15.9. The Kier molecular flexibility index (Phi) is 8.99. The molecule has 0 aromatic carbocycles. The Morgan fingerprint density at radius 3 is 1.80 bits per heavy atom. The van der Waals surface area contributed by atoms with Gasteiger partial charge in [0.2, 0.25) is 5.85 Å². The lowest BCUT2D eigenvalue weighted by molar-refractivity contribution is -0.144. The lowest BCUT2D eigenvalue weighted by Gasteiger charge is -2.30. The lowest BCUT2D eigenvalue weighted by Crippen LogP contribution is -2.25. The minimum atomic E-state index is -3.56. The van der Waals surface area contributed by atoms with Crippen molar-refractivity contribution in [1.82, 2.24) is 0 Å². The highest BCUT2D eigenvalue weighted by Gasteiger charge is 2.41. The molecule has 0 unspecified atom stereocenters. The highest BCUT2D eigenvalue weighted by molar-refractivity contribution is 7.54. The third kappa shape index (κ3) is 7.63. The molecule has 0 heterocycles. The van der Waals surface area contributed by atoms with Gasteiger partial charge in [0.15, 0.2) is 0 Å². The molecule has 0 aromatic rings. The summed E-state index contributed by atoms with van der Waals surface area (Å²) in [6.07, 6.45) is -0.216. The van der Waals surface area contributed by atoms with E-state index in [0.29, 0.717) is 6.42 Å². The molecule has 5 nitrogen and oxygen atoms in total. The first-order chi connectivity index (χ1) is 9.10. The smallest absolute Gasteiger partial charge is 0.371 e. The van der Waals surface area contributed by atoms with Crippen molar-refractivity contribution in [2.45, 2.75) is 66.0 Å². The molecule has 1 atom stereocenters. The van der Waals surface area contributed by atoms with Crippen molar-refractivity contribution in [3.05, 3.63) is 0 Å². The van der Waals surface area contributed by atoms with E-state index in [-0.39, 0.29) is 24.0 Å². The maximum Gasteiger partial charge on any atom is 0.371 e. The number of rotatable bonds is 9. The number of halogens is 1. The minimum absolute atomic E-state index is 0.169. The highest BCUT2D eigenvalue weighted by atomic mass is 35.5. The number of esters is 1. The Morgan fingerprint density at radius 1 is 1.05 bits per heavy atom. The first-order valence-electron chi connectivity index (χ1n) is 6.82. The highest BCUT2D eigenvalue weighted by Crippen LogP contribution is 2.57. The Balaban J connectivity index is 5.25. The van der Waals surface area contributed by atoms with Crippen molar-refractivity contribution in [3.63, 3.8) is 0 Å². The molecular formula is C13H26ClO5P. The van der Waals surface area contributed by atoms with Crippen LogP contribution in [0, 0.1) is 5.92 Å². The van der Waals surface area contributed by atoms with Crippen LogP contribution in [-0.2, 0) is 23.1 Å². The van der Waals surface area contributed by atoms with Gasteiger partial charge in [-0.2, -0.15) is 0 Å². The lowest BCUT2D eigenvalue weighted by atomic mass is 10.1. The van der Waals surface area contributed by atoms with Crippen LogP contribution in [0.4, 0.5) is 0 Å². The van der Waals surface area contributed by atoms with Crippen LogP contribution in [0.5, 0.6) is 0 Å². The van der Waals surface area contributed by atoms with Crippen LogP contribution in [0.2, 0.25) is 0 Å². The molecule has 120 valence electrons. The molecule has 20 heavy (non-hydrogen) atoms. The predicted octanol–water partition coefficient (Wildman–Crippen LogP) is 4.18. The summed E-state index contributed by atoms with van der Waals surface area (Å²) in [5.74, 6) is -1.68. The molecule has 7 heteroatoms. The first-order valence-corrected chi connectivity index (χ1v) is 8.97. The quantitative estimate of drug-likeness (QED) is 0.361. The van der Waals surface area contributed by atoms with Crippen molar-refractivity contribution in [1.29, 1.82) is 0 Å². The van der Waals surface area contributed by atoms with E-state index >= 15 is 0 Å². The van der Waals surface area contributed by atoms with E-state index < -0.39 is 19.4 Å². The normalized spacial score (nSPS) is 14.1. The third-order valence-corrected chi connectivity index (χ3v) is 4.79. The van der Waals surface area contributed by atoms with Gasteiger partial charge in [-0.15, -0.1) is 11.6 Å². The summed E-state index contributed by atoms with van der Waals surface area (Å²) in [5.41, 5.74) is 0. The van der Waals surface area contributed by atoms with Crippen LogP contribution in [0.25, 0.3) is 0 Å². The number of ether oxygens (including phenoxy) is 1. The van der Waals surface area contributed by atoms with Gasteiger partial charge in [-0.05, 0) is 40.0 Å². The maximum absolute atomic E-state index is 13.0. The van der Waals surface area contributed by atoms with Gasteiger partial charge in [-0.25, -0.2) is 0 Å². The van der Waals surface area contributed by atoms with Gasteiger partial charge in [-0.1, -0.05) is 13.8 Å². The fraction of sp³-hybridized carbons (Fsp3) is 0.923. The second-order valence-corrected chi connectivity index (χ2v) is 7.90. The van der Waals surface area contributed by atoms with Crippen LogP contribution in [-0.4, -0.2) is 29.9 Å². The fourth-order valence-electron chi connectivity index (χ4n) is 1.58. The van der Waals surface area contributed by atoms with E-state index in [4.69, 9.17) is 25.4 Å². The first kappa shape index (κ1) is 19.9. The van der Waals surface area contributed by atoms with E-state index in [2.05, 4.69) is 0 Å². The van der Waals surface area contributed by atoms with E-state index in [0.717, 1.165) is 0 Å². The summed E-state index contributed by atoms with van der Waals surface area (Å²) in [4.78, 5) is 11.4. The standard InChI is InChI=1S/C13H26ClO5P/c1-9(2)7-13(17-12(15)8-14)20(16,18-10(3)4)19-11(5)6/h9-11,13H,7-8H2,1-6H3/t13-/m1/s1. The topological polar surface area (TPSA) is 61.8 Å². The van der Waals surface area contributed by atoms with E-state index in [9.17, 15) is 9.36 Å². The predicted molar refractivity (Wildman–Crippen MR) is 80.1 cm³/mol. The van der Waals surface area contributed by atoms with Gasteiger partial charge in [0.1, 0.15) is 5.88 Å². The molecule has 0 amide bonds. The van der Waals surface area contributed by atoms with Crippen molar-refractivity contribution in [3.8, 4) is 0 Å². The molecule has 0 spiro atoms. The summed E-state index contributed by atoms with van der Waals surface area (Å²) in [6, 6.07) is 0. The molecule has 0 fully saturated rings.